The Morgan fingerprint density at radius 3 is 2.64 bits per heavy atom. The summed E-state index contributed by atoms with van der Waals surface area (Å²) in [6.45, 7) is 4.77. The highest BCUT2D eigenvalue weighted by atomic mass is 35.5. The molecule has 0 radical (unpaired) electrons. The molecule has 2 heterocycles. The number of carbonyl (C=O) groups excluding carboxylic acids is 1. The minimum Gasteiger partial charge on any atom is -0.472 e. The fourth-order valence-electron chi connectivity index (χ4n) is 3.80. The second-order valence-electron chi connectivity index (χ2n) is 7.86. The molecule has 0 amide bonds. The van der Waals surface area contributed by atoms with Crippen LogP contribution in [0.3, 0.4) is 0 Å². The molecule has 0 aliphatic carbocycles. The summed E-state index contributed by atoms with van der Waals surface area (Å²) in [4.78, 5) is 21.8. The van der Waals surface area contributed by atoms with Gasteiger partial charge in [0.1, 0.15) is 17.1 Å². The van der Waals surface area contributed by atoms with Gasteiger partial charge in [0, 0.05) is 18.2 Å². The molecule has 2 aromatic carbocycles. The second-order valence-corrected chi connectivity index (χ2v) is 8.27. The van der Waals surface area contributed by atoms with Crippen LogP contribution in [0.5, 0.6) is 5.75 Å². The molecular weight excluding hydrogens is 438 g/mol. The first-order valence-electron chi connectivity index (χ1n) is 10.9. The Balaban J connectivity index is 1.63. The number of benzene rings is 2. The maximum atomic E-state index is 12.4. The SMILES string of the molecule is CCCc1nc2c(C)ccnc2n1Cc1ccc(OC(C(=O)OC)c2ccccc2)c(Cl)c1. The smallest absolute Gasteiger partial charge is 0.351 e. The lowest BCUT2D eigenvalue weighted by Gasteiger charge is -2.18. The van der Waals surface area contributed by atoms with E-state index >= 15 is 0 Å². The Morgan fingerprint density at radius 2 is 1.94 bits per heavy atom. The molecule has 7 heteroatoms. The molecule has 4 rings (SSSR count). The average molecular weight is 464 g/mol. The van der Waals surface area contributed by atoms with Gasteiger partial charge in [-0.25, -0.2) is 14.8 Å². The van der Waals surface area contributed by atoms with Crippen LogP contribution in [0, 0.1) is 6.92 Å². The van der Waals surface area contributed by atoms with E-state index < -0.39 is 12.1 Å². The van der Waals surface area contributed by atoms with Gasteiger partial charge in [0.25, 0.3) is 0 Å². The first-order chi connectivity index (χ1) is 16.0. The van der Waals surface area contributed by atoms with Gasteiger partial charge in [-0.1, -0.05) is 54.9 Å². The first kappa shape index (κ1) is 22.8. The van der Waals surface area contributed by atoms with Crippen LogP contribution in [0.2, 0.25) is 5.02 Å². The second kappa shape index (κ2) is 10.0. The van der Waals surface area contributed by atoms with E-state index in [1.807, 2.05) is 61.7 Å². The van der Waals surface area contributed by atoms with Crippen LogP contribution in [0.25, 0.3) is 11.2 Å². The van der Waals surface area contributed by atoms with E-state index in [-0.39, 0.29) is 0 Å². The number of hydrogen-bond donors (Lipinski definition) is 0. The quantitative estimate of drug-likeness (QED) is 0.314. The van der Waals surface area contributed by atoms with Crippen LogP contribution >= 0.6 is 11.6 Å². The van der Waals surface area contributed by atoms with Crippen molar-refractivity contribution in [3.63, 3.8) is 0 Å². The maximum absolute atomic E-state index is 12.4. The standard InChI is InChI=1S/C26H26ClN3O3/c1-4-8-22-29-23-17(2)13-14-28-25(23)30(22)16-18-11-12-21(20(27)15-18)33-24(26(31)32-3)19-9-6-5-7-10-19/h5-7,9-15,24H,4,8,16H2,1-3H3. The van der Waals surface area contributed by atoms with Crippen LogP contribution in [0.1, 0.15) is 42.0 Å². The van der Waals surface area contributed by atoms with Crippen molar-refractivity contribution in [3.05, 3.63) is 88.3 Å². The highest BCUT2D eigenvalue weighted by Crippen LogP contribution is 2.31. The van der Waals surface area contributed by atoms with Gasteiger partial charge in [0.15, 0.2) is 5.65 Å². The molecule has 0 saturated carbocycles. The Kier molecular flexibility index (Phi) is 6.94. The zero-order chi connectivity index (χ0) is 23.4. The zero-order valence-electron chi connectivity index (χ0n) is 18.9. The van der Waals surface area contributed by atoms with E-state index in [0.717, 1.165) is 41.0 Å². The van der Waals surface area contributed by atoms with Gasteiger partial charge < -0.3 is 14.0 Å². The number of imidazole rings is 1. The van der Waals surface area contributed by atoms with E-state index in [1.54, 1.807) is 6.07 Å². The molecule has 33 heavy (non-hydrogen) atoms. The number of pyridine rings is 1. The normalized spacial score (nSPS) is 12.0. The number of esters is 1. The monoisotopic (exact) mass is 463 g/mol. The highest BCUT2D eigenvalue weighted by Gasteiger charge is 2.24. The Bertz CT molecular complexity index is 1270. The van der Waals surface area contributed by atoms with Crippen LogP contribution in [-0.4, -0.2) is 27.6 Å². The Hall–Kier alpha value is -3.38. The average Bonchev–Trinajstić information content (AvgIpc) is 3.17. The largest absolute Gasteiger partial charge is 0.472 e. The summed E-state index contributed by atoms with van der Waals surface area (Å²) in [5.41, 5.74) is 4.58. The number of aryl methyl sites for hydroxylation is 2. The van der Waals surface area contributed by atoms with Crippen molar-refractivity contribution in [2.45, 2.75) is 39.3 Å². The predicted octanol–water partition coefficient (Wildman–Crippen LogP) is 5.69. The summed E-state index contributed by atoms with van der Waals surface area (Å²) in [6, 6.07) is 16.8. The molecule has 4 aromatic rings. The lowest BCUT2D eigenvalue weighted by molar-refractivity contribution is -0.149. The van der Waals surface area contributed by atoms with Crippen LogP contribution < -0.4 is 4.74 Å². The van der Waals surface area contributed by atoms with Crippen molar-refractivity contribution in [1.29, 1.82) is 0 Å². The topological polar surface area (TPSA) is 66.2 Å². The Morgan fingerprint density at radius 1 is 1.15 bits per heavy atom. The molecule has 0 spiro atoms. The van der Waals surface area contributed by atoms with Crippen molar-refractivity contribution in [3.8, 4) is 5.75 Å². The number of halogens is 1. The lowest BCUT2D eigenvalue weighted by Crippen LogP contribution is -2.20. The molecule has 170 valence electrons. The van der Waals surface area contributed by atoms with Crippen molar-refractivity contribution >= 4 is 28.7 Å². The molecule has 6 nitrogen and oxygen atoms in total. The summed E-state index contributed by atoms with van der Waals surface area (Å²) in [5, 5.41) is 0.419. The van der Waals surface area contributed by atoms with Crippen molar-refractivity contribution in [2.75, 3.05) is 7.11 Å². The van der Waals surface area contributed by atoms with Crippen LogP contribution in [-0.2, 0) is 22.5 Å². The number of hydrogen-bond acceptors (Lipinski definition) is 5. The molecule has 2 aromatic heterocycles. The third-order valence-electron chi connectivity index (χ3n) is 5.49. The fourth-order valence-corrected chi connectivity index (χ4v) is 4.05. The van der Waals surface area contributed by atoms with E-state index in [2.05, 4.69) is 16.5 Å². The van der Waals surface area contributed by atoms with E-state index in [9.17, 15) is 4.79 Å². The van der Waals surface area contributed by atoms with E-state index in [0.29, 0.717) is 22.9 Å². The van der Waals surface area contributed by atoms with E-state index in [1.165, 1.54) is 7.11 Å². The fraction of sp³-hybridized carbons (Fsp3) is 0.269. The molecule has 0 bridgehead atoms. The summed E-state index contributed by atoms with van der Waals surface area (Å²) >= 11 is 6.58. The van der Waals surface area contributed by atoms with Crippen LogP contribution in [0.15, 0.2) is 60.8 Å². The summed E-state index contributed by atoms with van der Waals surface area (Å²) in [7, 11) is 1.34. The number of fused-ring (bicyclic) bond motifs is 1. The molecule has 0 saturated heterocycles. The molecular formula is C26H26ClN3O3. The summed E-state index contributed by atoms with van der Waals surface area (Å²) in [6.07, 6.45) is 2.76. The van der Waals surface area contributed by atoms with Gasteiger partial charge in [0.05, 0.1) is 18.7 Å². The minimum absolute atomic E-state index is 0.415. The predicted molar refractivity (Wildman–Crippen MR) is 129 cm³/mol. The third kappa shape index (κ3) is 4.86. The van der Waals surface area contributed by atoms with Crippen molar-refractivity contribution in [2.24, 2.45) is 0 Å². The molecule has 0 aliphatic heterocycles. The number of rotatable bonds is 8. The van der Waals surface area contributed by atoms with Gasteiger partial charge in [-0.2, -0.15) is 0 Å². The number of carbonyl (C=O) groups is 1. The van der Waals surface area contributed by atoms with Crippen LogP contribution in [0.4, 0.5) is 0 Å². The lowest BCUT2D eigenvalue weighted by atomic mass is 10.1. The highest BCUT2D eigenvalue weighted by molar-refractivity contribution is 6.32. The van der Waals surface area contributed by atoms with E-state index in [4.69, 9.17) is 26.1 Å². The summed E-state index contributed by atoms with van der Waals surface area (Å²) in [5.74, 6) is 0.926. The molecule has 1 unspecified atom stereocenters. The molecule has 0 aliphatic rings. The van der Waals surface area contributed by atoms with Gasteiger partial charge in [-0.3, -0.25) is 0 Å². The maximum Gasteiger partial charge on any atom is 0.351 e. The number of methoxy groups -OCH3 is 1. The molecule has 0 N–H and O–H groups in total. The van der Waals surface area contributed by atoms with Gasteiger partial charge in [-0.15, -0.1) is 0 Å². The summed E-state index contributed by atoms with van der Waals surface area (Å²) < 4.78 is 13.1. The Labute approximate surface area is 198 Å². The van der Waals surface area contributed by atoms with Crippen molar-refractivity contribution < 1.29 is 14.3 Å². The van der Waals surface area contributed by atoms with Gasteiger partial charge >= 0.3 is 5.97 Å². The van der Waals surface area contributed by atoms with Gasteiger partial charge in [-0.05, 0) is 42.7 Å². The number of ether oxygens (including phenoxy) is 2. The number of aromatic nitrogens is 3. The third-order valence-corrected chi connectivity index (χ3v) is 5.78. The minimum atomic E-state index is -0.902. The van der Waals surface area contributed by atoms with Gasteiger partial charge in [0.2, 0.25) is 6.10 Å². The molecule has 0 fully saturated rings. The number of nitrogens with zero attached hydrogens (tertiary/aromatic N) is 3. The first-order valence-corrected chi connectivity index (χ1v) is 11.3. The zero-order valence-corrected chi connectivity index (χ0v) is 19.7. The molecule has 1 atom stereocenters. The van der Waals surface area contributed by atoms with Crippen molar-refractivity contribution in [1.82, 2.24) is 14.5 Å².